The van der Waals surface area contributed by atoms with Crippen LogP contribution < -0.4 is 19.7 Å². The summed E-state index contributed by atoms with van der Waals surface area (Å²) in [6.45, 7) is 4.22. The number of benzene rings is 1. The highest BCUT2D eigenvalue weighted by Gasteiger charge is 2.33. The fourth-order valence-electron chi connectivity index (χ4n) is 3.85. The van der Waals surface area contributed by atoms with E-state index in [1.807, 2.05) is 18.2 Å². The monoisotopic (exact) mass is 429 g/mol. The third kappa shape index (κ3) is 7.05. The lowest BCUT2D eigenvalue weighted by Crippen LogP contribution is -2.53. The first-order valence-electron chi connectivity index (χ1n) is 10.9. The van der Waals surface area contributed by atoms with Crippen molar-refractivity contribution in [1.82, 2.24) is 20.2 Å². The molecule has 0 unspecified atom stereocenters. The number of nitrogens with one attached hydrogen (secondary N) is 1. The van der Waals surface area contributed by atoms with E-state index in [0.717, 1.165) is 55.2 Å². The molecule has 0 saturated carbocycles. The van der Waals surface area contributed by atoms with E-state index >= 15 is 0 Å². The zero-order chi connectivity index (χ0) is 22.1. The van der Waals surface area contributed by atoms with Gasteiger partial charge in [0.15, 0.2) is 11.5 Å². The molecule has 1 aromatic carbocycles. The largest absolute Gasteiger partial charge is 0.493 e. The molecule has 8 nitrogen and oxygen atoms in total. The van der Waals surface area contributed by atoms with Gasteiger partial charge in [-0.1, -0.05) is 6.07 Å². The molecule has 3 rings (SSSR count). The summed E-state index contributed by atoms with van der Waals surface area (Å²) in [6, 6.07) is 5.98. The number of nitrogens with zero attached hydrogens (tertiary/aromatic N) is 4. The zero-order valence-corrected chi connectivity index (χ0v) is 18.9. The maximum Gasteiger partial charge on any atom is 0.161 e. The summed E-state index contributed by atoms with van der Waals surface area (Å²) < 4.78 is 11.4. The van der Waals surface area contributed by atoms with Crippen molar-refractivity contribution >= 4 is 5.82 Å². The van der Waals surface area contributed by atoms with Gasteiger partial charge < -0.3 is 29.7 Å². The number of β-amino-alcohol motifs (C(OH)–C–C–N with tert-alkyl or cyclic N) is 1. The molecule has 2 aromatic rings. The Morgan fingerprint density at radius 3 is 2.87 bits per heavy atom. The van der Waals surface area contributed by atoms with Crippen LogP contribution in [-0.4, -0.2) is 79.6 Å². The van der Waals surface area contributed by atoms with Gasteiger partial charge in [0.2, 0.25) is 0 Å². The van der Waals surface area contributed by atoms with Crippen molar-refractivity contribution in [3.8, 4) is 11.5 Å². The predicted molar refractivity (Wildman–Crippen MR) is 122 cm³/mol. The molecule has 170 valence electrons. The quantitative estimate of drug-likeness (QED) is 0.525. The molecule has 0 spiro atoms. The van der Waals surface area contributed by atoms with Crippen LogP contribution >= 0.6 is 0 Å². The Labute approximate surface area is 185 Å². The Kier molecular flexibility index (Phi) is 8.45. The molecule has 1 aliphatic heterocycles. The lowest BCUT2D eigenvalue weighted by atomic mass is 9.92. The van der Waals surface area contributed by atoms with Crippen LogP contribution in [0.15, 0.2) is 36.8 Å². The van der Waals surface area contributed by atoms with E-state index in [1.54, 1.807) is 25.7 Å². The van der Waals surface area contributed by atoms with Gasteiger partial charge in [0.1, 0.15) is 5.82 Å². The van der Waals surface area contributed by atoms with E-state index in [4.69, 9.17) is 9.47 Å². The molecule has 31 heavy (non-hydrogen) atoms. The van der Waals surface area contributed by atoms with Gasteiger partial charge in [0.05, 0.1) is 25.5 Å². The molecule has 1 aromatic heterocycles. The van der Waals surface area contributed by atoms with Crippen LogP contribution in [0, 0.1) is 0 Å². The van der Waals surface area contributed by atoms with Crippen LogP contribution in [0.5, 0.6) is 11.5 Å². The summed E-state index contributed by atoms with van der Waals surface area (Å²) >= 11 is 0. The van der Waals surface area contributed by atoms with Crippen molar-refractivity contribution in [2.45, 2.75) is 31.4 Å². The van der Waals surface area contributed by atoms with Crippen molar-refractivity contribution in [3.05, 3.63) is 42.4 Å². The molecule has 1 atom stereocenters. The summed E-state index contributed by atoms with van der Waals surface area (Å²) in [7, 11) is 5.77. The Balaban J connectivity index is 1.50. The van der Waals surface area contributed by atoms with E-state index in [9.17, 15) is 5.11 Å². The fourth-order valence-corrected chi connectivity index (χ4v) is 3.85. The maximum absolute atomic E-state index is 11.1. The number of rotatable bonds is 11. The SMILES string of the molecule is COc1cc(CNC[C@]2(O)CCCN(c3cnccn3)C2)ccc1OCCCN(C)C. The first-order chi connectivity index (χ1) is 15.0. The molecular formula is C23H35N5O3. The van der Waals surface area contributed by atoms with Gasteiger partial charge in [-0.05, 0) is 51.1 Å². The van der Waals surface area contributed by atoms with Gasteiger partial charge in [0.25, 0.3) is 0 Å². The number of piperidine rings is 1. The Morgan fingerprint density at radius 2 is 2.13 bits per heavy atom. The summed E-state index contributed by atoms with van der Waals surface area (Å²) in [6.07, 6.45) is 7.74. The van der Waals surface area contributed by atoms with Crippen LogP contribution in [-0.2, 0) is 6.54 Å². The summed E-state index contributed by atoms with van der Waals surface area (Å²) in [4.78, 5) is 12.7. The number of hydrogen-bond donors (Lipinski definition) is 2. The Hall–Kier alpha value is -2.42. The highest BCUT2D eigenvalue weighted by atomic mass is 16.5. The average Bonchev–Trinajstić information content (AvgIpc) is 2.77. The second-order valence-electron chi connectivity index (χ2n) is 8.41. The second kappa shape index (κ2) is 11.3. The number of methoxy groups -OCH3 is 1. The number of aromatic nitrogens is 2. The molecule has 1 saturated heterocycles. The first-order valence-corrected chi connectivity index (χ1v) is 10.9. The van der Waals surface area contributed by atoms with Gasteiger partial charge in [-0.25, -0.2) is 4.98 Å². The van der Waals surface area contributed by atoms with Gasteiger partial charge in [-0.3, -0.25) is 4.98 Å². The molecular weight excluding hydrogens is 394 g/mol. The normalized spacial score (nSPS) is 18.9. The molecule has 1 aliphatic rings. The van der Waals surface area contributed by atoms with E-state index in [2.05, 4.69) is 39.2 Å². The summed E-state index contributed by atoms with van der Waals surface area (Å²) in [5, 5.41) is 14.5. The topological polar surface area (TPSA) is 83.0 Å². The third-order valence-electron chi connectivity index (χ3n) is 5.45. The smallest absolute Gasteiger partial charge is 0.161 e. The summed E-state index contributed by atoms with van der Waals surface area (Å²) in [5.74, 6) is 2.30. The average molecular weight is 430 g/mol. The molecule has 0 amide bonds. The number of ether oxygens (including phenoxy) is 2. The highest BCUT2D eigenvalue weighted by molar-refractivity contribution is 5.43. The molecule has 0 aliphatic carbocycles. The standard InChI is InChI=1S/C23H35N5O3/c1-27(2)11-5-13-31-20-7-6-19(14-21(20)30-3)15-25-17-23(29)8-4-12-28(18-23)22-16-24-9-10-26-22/h6-7,9-10,14,16,25,29H,4-5,8,11-13,15,17-18H2,1-3H3/t23-/m1/s1. The molecule has 2 N–H and O–H groups in total. The van der Waals surface area contributed by atoms with Crippen LogP contribution in [0.1, 0.15) is 24.8 Å². The number of anilines is 1. The lowest BCUT2D eigenvalue weighted by molar-refractivity contribution is 0.0258. The molecule has 0 radical (unpaired) electrons. The van der Waals surface area contributed by atoms with Gasteiger partial charge in [-0.2, -0.15) is 0 Å². The summed E-state index contributed by atoms with van der Waals surface area (Å²) in [5.41, 5.74) is 0.290. The van der Waals surface area contributed by atoms with Crippen LogP contribution in [0.25, 0.3) is 0 Å². The third-order valence-corrected chi connectivity index (χ3v) is 5.45. The van der Waals surface area contributed by atoms with E-state index < -0.39 is 5.60 Å². The van der Waals surface area contributed by atoms with Crippen molar-refractivity contribution in [3.63, 3.8) is 0 Å². The lowest BCUT2D eigenvalue weighted by Gasteiger charge is -2.39. The van der Waals surface area contributed by atoms with E-state index in [1.165, 1.54) is 0 Å². The predicted octanol–water partition coefficient (Wildman–Crippen LogP) is 1.94. The minimum absolute atomic E-state index is 0.509. The van der Waals surface area contributed by atoms with Crippen LogP contribution in [0.4, 0.5) is 5.82 Å². The number of hydrogen-bond acceptors (Lipinski definition) is 8. The highest BCUT2D eigenvalue weighted by Crippen LogP contribution is 2.28. The van der Waals surface area contributed by atoms with Crippen molar-refractivity contribution in [2.75, 3.05) is 58.9 Å². The van der Waals surface area contributed by atoms with Crippen molar-refractivity contribution in [2.24, 2.45) is 0 Å². The molecule has 0 bridgehead atoms. The molecule has 1 fully saturated rings. The van der Waals surface area contributed by atoms with Crippen molar-refractivity contribution in [1.29, 1.82) is 0 Å². The Morgan fingerprint density at radius 1 is 1.26 bits per heavy atom. The van der Waals surface area contributed by atoms with Crippen LogP contribution in [0.3, 0.4) is 0 Å². The van der Waals surface area contributed by atoms with Gasteiger partial charge in [0, 0.05) is 45.1 Å². The first kappa shape index (κ1) is 23.2. The second-order valence-corrected chi connectivity index (χ2v) is 8.41. The van der Waals surface area contributed by atoms with Gasteiger partial charge >= 0.3 is 0 Å². The fraction of sp³-hybridized carbons (Fsp3) is 0.565. The van der Waals surface area contributed by atoms with E-state index in [-0.39, 0.29) is 0 Å². The van der Waals surface area contributed by atoms with E-state index in [0.29, 0.717) is 26.2 Å². The van der Waals surface area contributed by atoms with Crippen molar-refractivity contribution < 1.29 is 14.6 Å². The minimum atomic E-state index is -0.796. The minimum Gasteiger partial charge on any atom is -0.493 e. The van der Waals surface area contributed by atoms with Gasteiger partial charge in [-0.15, -0.1) is 0 Å². The Bertz CT molecular complexity index is 805. The zero-order valence-electron chi connectivity index (χ0n) is 18.9. The van der Waals surface area contributed by atoms with Crippen LogP contribution in [0.2, 0.25) is 0 Å². The maximum atomic E-state index is 11.1. The molecule has 8 heteroatoms. The number of aliphatic hydroxyl groups is 1. The molecule has 2 heterocycles.